The van der Waals surface area contributed by atoms with Gasteiger partial charge in [0.25, 0.3) is 0 Å². The van der Waals surface area contributed by atoms with Gasteiger partial charge >= 0.3 is 0 Å². The Labute approximate surface area is 173 Å². The lowest BCUT2D eigenvalue weighted by atomic mass is 10.2. The summed E-state index contributed by atoms with van der Waals surface area (Å²) in [6, 6.07) is 0. The van der Waals surface area contributed by atoms with Gasteiger partial charge in [0.15, 0.2) is 8.32 Å². The molecule has 1 N–H and O–H groups in total. The van der Waals surface area contributed by atoms with E-state index in [4.69, 9.17) is 20.8 Å². The second-order valence-corrected chi connectivity index (χ2v) is 14.5. The predicted octanol–water partition coefficient (Wildman–Crippen LogP) is 4.36. The molecule has 3 heterocycles. The second-order valence-electron chi connectivity index (χ2n) is 8.21. The van der Waals surface area contributed by atoms with Crippen LogP contribution >= 0.6 is 34.2 Å². The zero-order chi connectivity index (χ0) is 19.3. The van der Waals surface area contributed by atoms with Gasteiger partial charge in [-0.05, 0) is 40.7 Å². The van der Waals surface area contributed by atoms with Crippen molar-refractivity contribution in [2.75, 3.05) is 6.61 Å². The lowest BCUT2D eigenvalue weighted by Crippen LogP contribution is -2.46. The number of hydrogen-bond acceptors (Lipinski definition) is 5. The van der Waals surface area contributed by atoms with E-state index in [-0.39, 0.29) is 30.1 Å². The fraction of sp³-hybridized carbons (Fsp3) is 0.647. The Balaban J connectivity index is 1.89. The van der Waals surface area contributed by atoms with Crippen LogP contribution in [-0.2, 0) is 9.16 Å². The molecule has 0 aromatic carbocycles. The summed E-state index contributed by atoms with van der Waals surface area (Å²) in [4.78, 5) is 8.45. The number of nitrogens with zero attached hydrogens (tertiary/aromatic N) is 3. The molecule has 0 spiro atoms. The Hall–Kier alpha value is -0.263. The van der Waals surface area contributed by atoms with Crippen LogP contribution in [0.5, 0.6) is 0 Å². The minimum atomic E-state index is -1.96. The Morgan fingerprint density at radius 3 is 2.73 bits per heavy atom. The van der Waals surface area contributed by atoms with E-state index in [1.54, 1.807) is 0 Å². The lowest BCUT2D eigenvalue weighted by Gasteiger charge is -2.39. The minimum Gasteiger partial charge on any atom is -0.411 e. The largest absolute Gasteiger partial charge is 0.411 e. The standard InChI is InChI=1S/C17H25ClIN3O3Si/c1-17(2,3)26(4,5)25-11-6-13(24-12(11)8-23)22-7-10(19)14-15(18)20-9-21-16(14)22/h7,9,11-13,23H,6,8H2,1-5H3/t11-,12-,13-/m1/s1. The van der Waals surface area contributed by atoms with Crippen molar-refractivity contribution in [3.63, 3.8) is 0 Å². The van der Waals surface area contributed by atoms with Gasteiger partial charge in [-0.1, -0.05) is 32.4 Å². The molecule has 0 bridgehead atoms. The van der Waals surface area contributed by atoms with Crippen LogP contribution in [0.4, 0.5) is 0 Å². The van der Waals surface area contributed by atoms with Crippen LogP contribution in [0.25, 0.3) is 11.0 Å². The van der Waals surface area contributed by atoms with Crippen molar-refractivity contribution < 1.29 is 14.3 Å². The highest BCUT2D eigenvalue weighted by Gasteiger charge is 2.45. The maximum Gasteiger partial charge on any atom is 0.192 e. The number of hydrogen-bond donors (Lipinski definition) is 1. The molecule has 3 atom stereocenters. The van der Waals surface area contributed by atoms with Gasteiger partial charge in [0, 0.05) is 16.2 Å². The number of ether oxygens (including phenoxy) is 1. The van der Waals surface area contributed by atoms with Gasteiger partial charge in [-0.15, -0.1) is 0 Å². The summed E-state index contributed by atoms with van der Waals surface area (Å²) in [5.74, 6) is 0. The number of fused-ring (bicyclic) bond motifs is 1. The number of rotatable bonds is 4. The van der Waals surface area contributed by atoms with Crippen LogP contribution in [0.15, 0.2) is 12.5 Å². The molecule has 0 saturated carbocycles. The molecule has 6 nitrogen and oxygen atoms in total. The Bertz CT molecular complexity index is 808. The third kappa shape index (κ3) is 3.68. The van der Waals surface area contributed by atoms with Crippen LogP contribution in [0.3, 0.4) is 0 Å². The molecule has 3 rings (SSSR count). The molecule has 1 aliphatic rings. The van der Waals surface area contributed by atoms with Crippen molar-refractivity contribution in [2.45, 2.75) is 63.8 Å². The molecule has 0 amide bonds. The van der Waals surface area contributed by atoms with Gasteiger partial charge in [-0.2, -0.15) is 0 Å². The minimum absolute atomic E-state index is 0.0676. The van der Waals surface area contributed by atoms with E-state index >= 15 is 0 Å². The molecule has 1 saturated heterocycles. The summed E-state index contributed by atoms with van der Waals surface area (Å²) in [5, 5.41) is 11.2. The van der Waals surface area contributed by atoms with Gasteiger partial charge in [-0.25, -0.2) is 9.97 Å². The Kier molecular flexibility index (Phi) is 5.74. The van der Waals surface area contributed by atoms with E-state index in [2.05, 4.69) is 66.4 Å². The Morgan fingerprint density at radius 1 is 1.42 bits per heavy atom. The van der Waals surface area contributed by atoms with Gasteiger partial charge in [0.1, 0.15) is 29.5 Å². The van der Waals surface area contributed by atoms with E-state index in [9.17, 15) is 5.11 Å². The molecule has 2 aromatic rings. The van der Waals surface area contributed by atoms with Crippen LogP contribution in [0.1, 0.15) is 33.4 Å². The van der Waals surface area contributed by atoms with Gasteiger partial charge in [-0.3, -0.25) is 0 Å². The SMILES string of the molecule is CC(C)(C)[Si](C)(C)O[C@@H]1C[C@H](n2cc(I)c3c(Cl)ncnc32)O[C@@H]1CO. The number of halogens is 2. The van der Waals surface area contributed by atoms with Crippen LogP contribution < -0.4 is 0 Å². The summed E-state index contributed by atoms with van der Waals surface area (Å²) < 4.78 is 15.6. The fourth-order valence-electron chi connectivity index (χ4n) is 2.94. The van der Waals surface area contributed by atoms with E-state index in [1.165, 1.54) is 6.33 Å². The summed E-state index contributed by atoms with van der Waals surface area (Å²) in [7, 11) is -1.96. The highest BCUT2D eigenvalue weighted by atomic mass is 127. The van der Waals surface area contributed by atoms with Crippen LogP contribution in [0.2, 0.25) is 23.3 Å². The molecule has 1 fully saturated rings. The number of aliphatic hydroxyl groups is 1. The summed E-state index contributed by atoms with van der Waals surface area (Å²) in [5.41, 5.74) is 0.740. The summed E-state index contributed by atoms with van der Waals surface area (Å²) in [6.07, 6.45) is 3.36. The zero-order valence-corrected chi connectivity index (χ0v) is 19.6. The molecule has 0 radical (unpaired) electrons. The third-order valence-corrected chi connectivity index (χ3v) is 11.0. The zero-order valence-electron chi connectivity index (χ0n) is 15.7. The van der Waals surface area contributed by atoms with E-state index in [0.717, 1.165) is 14.6 Å². The molecule has 0 unspecified atom stereocenters. The molecular weight excluding hydrogens is 485 g/mol. The highest BCUT2D eigenvalue weighted by molar-refractivity contribution is 14.1. The average molecular weight is 510 g/mol. The summed E-state index contributed by atoms with van der Waals surface area (Å²) in [6.45, 7) is 11.0. The number of aliphatic hydroxyl groups excluding tert-OH is 1. The van der Waals surface area contributed by atoms with Gasteiger partial charge in [0.05, 0.1) is 18.1 Å². The van der Waals surface area contributed by atoms with Crippen molar-refractivity contribution in [1.29, 1.82) is 0 Å². The molecule has 9 heteroatoms. The molecule has 0 aliphatic carbocycles. The fourth-order valence-corrected chi connectivity index (χ4v) is 5.48. The maximum atomic E-state index is 9.82. The van der Waals surface area contributed by atoms with Crippen molar-refractivity contribution >= 4 is 53.5 Å². The first-order valence-corrected chi connectivity index (χ1v) is 13.0. The van der Waals surface area contributed by atoms with Gasteiger partial charge in [0.2, 0.25) is 0 Å². The lowest BCUT2D eigenvalue weighted by molar-refractivity contribution is -0.0409. The molecule has 26 heavy (non-hydrogen) atoms. The first-order valence-electron chi connectivity index (χ1n) is 8.66. The normalized spacial score (nSPS) is 24.5. The second kappa shape index (κ2) is 7.29. The first-order chi connectivity index (χ1) is 12.0. The number of aromatic nitrogens is 3. The molecule has 1 aliphatic heterocycles. The van der Waals surface area contributed by atoms with Crippen LogP contribution in [0, 0.1) is 3.57 Å². The van der Waals surface area contributed by atoms with Crippen molar-refractivity contribution in [3.8, 4) is 0 Å². The van der Waals surface area contributed by atoms with Crippen molar-refractivity contribution in [2.24, 2.45) is 0 Å². The maximum absolute atomic E-state index is 9.82. The van der Waals surface area contributed by atoms with E-state index in [0.29, 0.717) is 11.6 Å². The Morgan fingerprint density at radius 2 is 2.12 bits per heavy atom. The topological polar surface area (TPSA) is 69.4 Å². The highest BCUT2D eigenvalue weighted by Crippen LogP contribution is 2.42. The van der Waals surface area contributed by atoms with Crippen molar-refractivity contribution in [3.05, 3.63) is 21.2 Å². The van der Waals surface area contributed by atoms with Crippen molar-refractivity contribution in [1.82, 2.24) is 14.5 Å². The summed E-state index contributed by atoms with van der Waals surface area (Å²) >= 11 is 8.46. The molecular formula is C17H25ClIN3O3Si. The average Bonchev–Trinajstić information content (AvgIpc) is 3.07. The smallest absolute Gasteiger partial charge is 0.192 e. The third-order valence-electron chi connectivity index (χ3n) is 5.44. The van der Waals surface area contributed by atoms with E-state index < -0.39 is 8.32 Å². The van der Waals surface area contributed by atoms with Gasteiger partial charge < -0.3 is 18.8 Å². The van der Waals surface area contributed by atoms with Crippen LogP contribution in [-0.4, -0.2) is 46.8 Å². The van der Waals surface area contributed by atoms with E-state index in [1.807, 2.05) is 10.8 Å². The quantitative estimate of drug-likeness (QED) is 0.377. The molecule has 144 valence electrons. The predicted molar refractivity (Wildman–Crippen MR) is 113 cm³/mol. The monoisotopic (exact) mass is 509 g/mol. The first kappa shape index (κ1) is 20.5. The molecule has 2 aromatic heterocycles.